The van der Waals surface area contributed by atoms with Gasteiger partial charge in [0.15, 0.2) is 5.69 Å². The average molecular weight is 538 g/mol. The van der Waals surface area contributed by atoms with Gasteiger partial charge in [0.1, 0.15) is 17.3 Å². The van der Waals surface area contributed by atoms with Crippen LogP contribution in [0.15, 0.2) is 83.8 Å². The second kappa shape index (κ2) is 11.0. The number of fused-ring (bicyclic) bond motifs is 1. The van der Waals surface area contributed by atoms with Crippen molar-refractivity contribution in [3.05, 3.63) is 111 Å². The van der Waals surface area contributed by atoms with Crippen molar-refractivity contribution in [1.82, 2.24) is 15.0 Å². The number of hydrogen-bond donors (Lipinski definition) is 3. The fourth-order valence-electron chi connectivity index (χ4n) is 4.14. The number of aromatic carboxylic acids is 1. The number of anilines is 2. The number of rotatable bonds is 8. The second-order valence-electron chi connectivity index (χ2n) is 8.50. The molecule has 0 saturated carbocycles. The highest BCUT2D eigenvalue weighted by Crippen LogP contribution is 2.33. The Kier molecular flexibility index (Phi) is 7.21. The summed E-state index contributed by atoms with van der Waals surface area (Å²) in [7, 11) is 0. The Morgan fingerprint density at radius 1 is 1.10 bits per heavy atom. The lowest BCUT2D eigenvalue weighted by Gasteiger charge is -2.14. The Hall–Kier alpha value is -5.20. The fourth-order valence-corrected chi connectivity index (χ4v) is 4.32. The van der Waals surface area contributed by atoms with Gasteiger partial charge in [-0.05, 0) is 53.6 Å². The molecule has 0 aliphatic carbocycles. The molecule has 5 aromatic rings. The van der Waals surface area contributed by atoms with Crippen molar-refractivity contribution in [2.24, 2.45) is 0 Å². The highest BCUT2D eigenvalue weighted by molar-refractivity contribution is 6.31. The number of pyridine rings is 1. The van der Waals surface area contributed by atoms with Gasteiger partial charge in [-0.2, -0.15) is 5.26 Å². The van der Waals surface area contributed by atoms with Gasteiger partial charge in [0.2, 0.25) is 5.95 Å². The molecule has 39 heavy (non-hydrogen) atoms. The second-order valence-corrected chi connectivity index (χ2v) is 8.93. The van der Waals surface area contributed by atoms with E-state index in [0.717, 1.165) is 5.69 Å². The molecule has 3 N–H and O–H groups in total. The van der Waals surface area contributed by atoms with Crippen molar-refractivity contribution in [1.29, 1.82) is 5.26 Å². The molecule has 3 aromatic carbocycles. The van der Waals surface area contributed by atoms with Crippen LogP contribution in [-0.2, 0) is 6.42 Å². The van der Waals surface area contributed by atoms with E-state index in [4.69, 9.17) is 16.3 Å². The Balaban J connectivity index is 1.43. The minimum absolute atomic E-state index is 0.0372. The fraction of sp³-hybridized carbons (Fsp3) is 0.0690. The summed E-state index contributed by atoms with van der Waals surface area (Å²) in [6, 6.07) is 22.8. The van der Waals surface area contributed by atoms with E-state index >= 15 is 0 Å². The summed E-state index contributed by atoms with van der Waals surface area (Å²) in [5.74, 6) is -0.350. The number of para-hydroxylation sites is 1. The van der Waals surface area contributed by atoms with Crippen molar-refractivity contribution in [3.8, 4) is 22.9 Å². The van der Waals surface area contributed by atoms with Crippen LogP contribution in [0.3, 0.4) is 0 Å². The van der Waals surface area contributed by atoms with Crippen LogP contribution >= 0.6 is 11.6 Å². The summed E-state index contributed by atoms with van der Waals surface area (Å²) in [5, 5.41) is 22.7. The van der Waals surface area contributed by atoms with E-state index in [1.165, 1.54) is 12.3 Å². The molecule has 0 aliphatic heterocycles. The molecule has 192 valence electrons. The number of hydrogen-bond acceptors (Lipinski definition) is 7. The minimum atomic E-state index is -1.04. The highest BCUT2D eigenvalue weighted by atomic mass is 35.5. The van der Waals surface area contributed by atoms with Gasteiger partial charge in [-0.15, -0.1) is 0 Å². The highest BCUT2D eigenvalue weighted by Gasteiger charge is 2.16. The standard InChI is InChI=1S/C29H20ClN5O4/c30-20-9-10-24(22(14-20)17-5-4-6-18(13-17)28(37)38)39-12-11-19-16-32-23(15-31)26-25(19)27(36)35-29(34-26)33-21-7-2-1-3-8-21/h1-10,13-14,16H,11-12H2,(H,37,38)(H2,33,34,35,36). The maximum atomic E-state index is 13.1. The number of nitriles is 1. The zero-order valence-corrected chi connectivity index (χ0v) is 21.1. The number of nitrogens with one attached hydrogen (secondary N) is 2. The summed E-state index contributed by atoms with van der Waals surface area (Å²) in [5.41, 5.74) is 2.51. The van der Waals surface area contributed by atoms with Crippen LogP contribution in [0.25, 0.3) is 22.0 Å². The molecule has 10 heteroatoms. The molecule has 0 amide bonds. The first kappa shape index (κ1) is 25.4. The van der Waals surface area contributed by atoms with E-state index in [1.54, 1.807) is 36.4 Å². The molecule has 0 unspecified atom stereocenters. The molecule has 9 nitrogen and oxygen atoms in total. The van der Waals surface area contributed by atoms with E-state index < -0.39 is 11.5 Å². The maximum Gasteiger partial charge on any atom is 0.335 e. The van der Waals surface area contributed by atoms with Gasteiger partial charge in [0.25, 0.3) is 5.56 Å². The third-order valence-corrected chi connectivity index (χ3v) is 6.18. The number of benzene rings is 3. The van der Waals surface area contributed by atoms with Crippen molar-refractivity contribution in [3.63, 3.8) is 0 Å². The normalized spacial score (nSPS) is 10.7. The van der Waals surface area contributed by atoms with Gasteiger partial charge < -0.3 is 15.2 Å². The first-order valence-corrected chi connectivity index (χ1v) is 12.2. The van der Waals surface area contributed by atoms with Gasteiger partial charge in [-0.1, -0.05) is 41.9 Å². The molecular weight excluding hydrogens is 518 g/mol. The number of halogens is 1. The van der Waals surface area contributed by atoms with Crippen molar-refractivity contribution >= 4 is 40.1 Å². The number of ether oxygens (including phenoxy) is 1. The smallest absolute Gasteiger partial charge is 0.335 e. The van der Waals surface area contributed by atoms with Crippen molar-refractivity contribution in [2.45, 2.75) is 6.42 Å². The van der Waals surface area contributed by atoms with E-state index in [0.29, 0.717) is 33.9 Å². The summed E-state index contributed by atoms with van der Waals surface area (Å²) in [6.07, 6.45) is 1.77. The predicted octanol–water partition coefficient (Wildman–Crippen LogP) is 5.57. The van der Waals surface area contributed by atoms with E-state index in [1.807, 2.05) is 36.4 Å². The lowest BCUT2D eigenvalue weighted by atomic mass is 10.0. The molecule has 0 atom stereocenters. The molecule has 0 aliphatic rings. The van der Waals surface area contributed by atoms with Gasteiger partial charge in [0.05, 0.1) is 17.6 Å². The van der Waals surface area contributed by atoms with Crippen molar-refractivity contribution in [2.75, 3.05) is 11.9 Å². The molecule has 2 aromatic heterocycles. The number of nitrogens with zero attached hydrogens (tertiary/aromatic N) is 3. The van der Waals surface area contributed by atoms with Gasteiger partial charge in [-0.3, -0.25) is 9.78 Å². The van der Waals surface area contributed by atoms with Crippen LogP contribution in [0.2, 0.25) is 5.02 Å². The molecule has 5 rings (SSSR count). The Labute approximate surface area is 227 Å². The summed E-state index contributed by atoms with van der Waals surface area (Å²) < 4.78 is 6.06. The van der Waals surface area contributed by atoms with E-state index in [-0.39, 0.29) is 34.7 Å². The lowest BCUT2D eigenvalue weighted by Crippen LogP contribution is -2.15. The van der Waals surface area contributed by atoms with Crippen molar-refractivity contribution < 1.29 is 14.6 Å². The monoisotopic (exact) mass is 537 g/mol. The lowest BCUT2D eigenvalue weighted by molar-refractivity contribution is 0.0697. The number of carboxylic acid groups (broad SMARTS) is 1. The number of carboxylic acids is 1. The first-order valence-electron chi connectivity index (χ1n) is 11.8. The molecule has 0 radical (unpaired) electrons. The molecular formula is C29H20ClN5O4. The van der Waals surface area contributed by atoms with Gasteiger partial charge in [-0.25, -0.2) is 14.8 Å². The molecule has 0 fully saturated rings. The Bertz CT molecular complexity index is 1800. The Morgan fingerprint density at radius 3 is 2.69 bits per heavy atom. The number of aromatic amines is 1. The molecule has 0 bridgehead atoms. The van der Waals surface area contributed by atoms with Crippen LogP contribution in [0.4, 0.5) is 11.6 Å². The van der Waals surface area contributed by atoms with E-state index in [2.05, 4.69) is 20.3 Å². The molecule has 2 heterocycles. The third kappa shape index (κ3) is 5.56. The number of aromatic nitrogens is 3. The van der Waals surface area contributed by atoms with Crippen LogP contribution in [0.5, 0.6) is 5.75 Å². The topological polar surface area (TPSA) is 141 Å². The van der Waals surface area contributed by atoms with Crippen LogP contribution in [0, 0.1) is 11.3 Å². The van der Waals surface area contributed by atoms with E-state index in [9.17, 15) is 20.0 Å². The summed E-state index contributed by atoms with van der Waals surface area (Å²) in [6.45, 7) is 0.166. The SMILES string of the molecule is N#Cc1ncc(CCOc2ccc(Cl)cc2-c2cccc(C(=O)O)c2)c2c(=O)[nH]c(Nc3ccccc3)nc12. The molecule has 0 saturated heterocycles. The largest absolute Gasteiger partial charge is 0.493 e. The summed E-state index contributed by atoms with van der Waals surface area (Å²) in [4.78, 5) is 35.9. The van der Waals surface area contributed by atoms with Crippen LogP contribution in [0.1, 0.15) is 21.6 Å². The van der Waals surface area contributed by atoms with Crippen LogP contribution < -0.4 is 15.6 Å². The average Bonchev–Trinajstić information content (AvgIpc) is 2.94. The number of H-pyrrole nitrogens is 1. The summed E-state index contributed by atoms with van der Waals surface area (Å²) >= 11 is 6.22. The zero-order valence-electron chi connectivity index (χ0n) is 20.3. The van der Waals surface area contributed by atoms with Gasteiger partial charge >= 0.3 is 5.97 Å². The first-order chi connectivity index (χ1) is 18.9. The zero-order chi connectivity index (χ0) is 27.4. The molecule has 0 spiro atoms. The quantitative estimate of drug-likeness (QED) is 0.233. The Morgan fingerprint density at radius 2 is 1.92 bits per heavy atom. The predicted molar refractivity (Wildman–Crippen MR) is 148 cm³/mol. The minimum Gasteiger partial charge on any atom is -0.493 e. The maximum absolute atomic E-state index is 13.1. The number of carbonyl (C=O) groups is 1. The third-order valence-electron chi connectivity index (χ3n) is 5.95. The van der Waals surface area contributed by atoms with Crippen LogP contribution in [-0.4, -0.2) is 32.6 Å². The van der Waals surface area contributed by atoms with Gasteiger partial charge in [0, 0.05) is 28.9 Å².